The van der Waals surface area contributed by atoms with Crippen molar-refractivity contribution in [3.05, 3.63) is 0 Å². The maximum Gasteiger partial charge on any atom is 0.0182 e. The molecule has 0 amide bonds. The summed E-state index contributed by atoms with van der Waals surface area (Å²) in [7, 11) is 0. The molecule has 0 radical (unpaired) electrons. The van der Waals surface area contributed by atoms with Crippen LogP contribution in [0.1, 0.15) is 58.8 Å². The molecular weight excluding hydrogens is 148 g/mol. The van der Waals surface area contributed by atoms with Crippen molar-refractivity contribution in [1.82, 2.24) is 5.43 Å². The zero-order chi connectivity index (χ0) is 9.23. The molecule has 0 fully saturated rings. The van der Waals surface area contributed by atoms with Crippen LogP contribution in [0.2, 0.25) is 0 Å². The van der Waals surface area contributed by atoms with Crippen LogP contribution < -0.4 is 11.3 Å². The molecule has 0 aromatic rings. The summed E-state index contributed by atoms with van der Waals surface area (Å²) in [5.74, 6) is 5.28. The van der Waals surface area contributed by atoms with E-state index in [0.717, 1.165) is 0 Å². The van der Waals surface area contributed by atoms with E-state index >= 15 is 0 Å². The molecule has 12 heavy (non-hydrogen) atoms. The smallest absolute Gasteiger partial charge is 0.0182 e. The molecule has 2 heteroatoms. The van der Waals surface area contributed by atoms with Gasteiger partial charge in [0.1, 0.15) is 0 Å². The van der Waals surface area contributed by atoms with Gasteiger partial charge in [-0.25, -0.2) is 0 Å². The number of nitrogens with two attached hydrogens (primary N) is 1. The number of hydrazine groups is 1. The number of nitrogens with one attached hydrogen (secondary N) is 1. The second-order valence-electron chi connectivity index (χ2n) is 3.62. The van der Waals surface area contributed by atoms with E-state index in [4.69, 9.17) is 5.84 Å². The highest BCUT2D eigenvalue weighted by molar-refractivity contribution is 4.55. The molecule has 0 spiro atoms. The standard InChI is InChI=1S/C10H24N2/c1-3-4-5-6-7-8-9-10(2)12-11/h10,12H,3-9,11H2,1-2H3. The van der Waals surface area contributed by atoms with E-state index in [1.807, 2.05) is 0 Å². The van der Waals surface area contributed by atoms with Crippen LogP contribution in [0.15, 0.2) is 0 Å². The van der Waals surface area contributed by atoms with Crippen molar-refractivity contribution in [1.29, 1.82) is 0 Å². The van der Waals surface area contributed by atoms with Crippen molar-refractivity contribution in [2.45, 2.75) is 64.8 Å². The Balaban J connectivity index is 2.90. The summed E-state index contributed by atoms with van der Waals surface area (Å²) >= 11 is 0. The minimum atomic E-state index is 0.483. The number of hydrogen-bond acceptors (Lipinski definition) is 2. The van der Waals surface area contributed by atoms with Gasteiger partial charge in [-0.1, -0.05) is 45.4 Å². The van der Waals surface area contributed by atoms with Crippen LogP contribution in [0.3, 0.4) is 0 Å². The lowest BCUT2D eigenvalue weighted by Crippen LogP contribution is -2.32. The first kappa shape index (κ1) is 11.9. The molecule has 3 N–H and O–H groups in total. The lowest BCUT2D eigenvalue weighted by atomic mass is 10.1. The van der Waals surface area contributed by atoms with Gasteiger partial charge in [0.2, 0.25) is 0 Å². The SMILES string of the molecule is CCCCCCCCC(C)NN. The van der Waals surface area contributed by atoms with Crippen molar-refractivity contribution in [2.75, 3.05) is 0 Å². The summed E-state index contributed by atoms with van der Waals surface area (Å²) in [6.45, 7) is 4.38. The summed E-state index contributed by atoms with van der Waals surface area (Å²) in [5.41, 5.74) is 2.77. The molecule has 0 aliphatic carbocycles. The monoisotopic (exact) mass is 172 g/mol. The molecule has 0 aromatic carbocycles. The van der Waals surface area contributed by atoms with Gasteiger partial charge in [0.05, 0.1) is 0 Å². The van der Waals surface area contributed by atoms with Crippen LogP contribution in [0, 0.1) is 0 Å². The summed E-state index contributed by atoms with van der Waals surface area (Å²) in [6, 6.07) is 0.483. The Hall–Kier alpha value is -0.0800. The molecule has 0 heterocycles. The minimum absolute atomic E-state index is 0.483. The van der Waals surface area contributed by atoms with Crippen molar-refractivity contribution in [2.24, 2.45) is 5.84 Å². The molecule has 0 aromatic heterocycles. The molecule has 1 atom stereocenters. The molecule has 0 saturated heterocycles. The van der Waals surface area contributed by atoms with Gasteiger partial charge in [-0.3, -0.25) is 11.3 Å². The van der Waals surface area contributed by atoms with Crippen LogP contribution in [0.5, 0.6) is 0 Å². The summed E-state index contributed by atoms with van der Waals surface area (Å²) < 4.78 is 0. The van der Waals surface area contributed by atoms with E-state index < -0.39 is 0 Å². The maximum atomic E-state index is 5.28. The third kappa shape index (κ3) is 8.02. The van der Waals surface area contributed by atoms with Gasteiger partial charge in [-0.05, 0) is 13.3 Å². The van der Waals surface area contributed by atoms with Gasteiger partial charge in [0, 0.05) is 6.04 Å². The van der Waals surface area contributed by atoms with Crippen LogP contribution in [-0.2, 0) is 0 Å². The van der Waals surface area contributed by atoms with E-state index in [-0.39, 0.29) is 0 Å². The molecular formula is C10H24N2. The van der Waals surface area contributed by atoms with E-state index in [0.29, 0.717) is 6.04 Å². The fourth-order valence-electron chi connectivity index (χ4n) is 1.31. The highest BCUT2D eigenvalue weighted by Crippen LogP contribution is 2.07. The highest BCUT2D eigenvalue weighted by Gasteiger charge is 1.96. The summed E-state index contributed by atoms with van der Waals surface area (Å²) in [4.78, 5) is 0. The molecule has 0 aliphatic rings. The second kappa shape index (κ2) is 9.01. The first-order valence-corrected chi connectivity index (χ1v) is 5.27. The third-order valence-electron chi connectivity index (χ3n) is 2.28. The second-order valence-corrected chi connectivity index (χ2v) is 3.62. The zero-order valence-corrected chi connectivity index (χ0v) is 8.60. The molecule has 0 saturated carbocycles. The van der Waals surface area contributed by atoms with E-state index in [9.17, 15) is 0 Å². The highest BCUT2D eigenvalue weighted by atomic mass is 15.2. The van der Waals surface area contributed by atoms with Gasteiger partial charge in [0.15, 0.2) is 0 Å². The number of unbranched alkanes of at least 4 members (excludes halogenated alkanes) is 5. The molecule has 1 unspecified atom stereocenters. The molecule has 0 aliphatic heterocycles. The molecule has 0 bridgehead atoms. The Bertz CT molecular complexity index is 83.9. The normalized spacial score (nSPS) is 13.2. The predicted molar refractivity (Wildman–Crippen MR) is 54.8 cm³/mol. The van der Waals surface area contributed by atoms with Crippen LogP contribution in [0.25, 0.3) is 0 Å². The summed E-state index contributed by atoms with van der Waals surface area (Å²) in [6.07, 6.45) is 9.42. The predicted octanol–water partition coefficient (Wildman–Crippen LogP) is 2.59. The van der Waals surface area contributed by atoms with Gasteiger partial charge in [-0.2, -0.15) is 0 Å². The third-order valence-corrected chi connectivity index (χ3v) is 2.28. The Kier molecular flexibility index (Phi) is 8.95. The van der Waals surface area contributed by atoms with Gasteiger partial charge in [-0.15, -0.1) is 0 Å². The van der Waals surface area contributed by atoms with Gasteiger partial charge < -0.3 is 0 Å². The minimum Gasteiger partial charge on any atom is -0.271 e. The summed E-state index contributed by atoms with van der Waals surface area (Å²) in [5, 5.41) is 0. The fraction of sp³-hybridized carbons (Fsp3) is 1.00. The zero-order valence-electron chi connectivity index (χ0n) is 8.60. The van der Waals surface area contributed by atoms with Crippen LogP contribution in [-0.4, -0.2) is 6.04 Å². The average molecular weight is 172 g/mol. The van der Waals surface area contributed by atoms with Crippen molar-refractivity contribution >= 4 is 0 Å². The molecule has 74 valence electrons. The van der Waals surface area contributed by atoms with Crippen LogP contribution >= 0.6 is 0 Å². The Morgan fingerprint density at radius 3 is 2.25 bits per heavy atom. The molecule has 2 nitrogen and oxygen atoms in total. The van der Waals surface area contributed by atoms with Crippen LogP contribution in [0.4, 0.5) is 0 Å². The number of rotatable bonds is 8. The van der Waals surface area contributed by atoms with Gasteiger partial charge >= 0.3 is 0 Å². The van der Waals surface area contributed by atoms with Gasteiger partial charge in [0.25, 0.3) is 0 Å². The maximum absolute atomic E-state index is 5.28. The Morgan fingerprint density at radius 1 is 1.08 bits per heavy atom. The lowest BCUT2D eigenvalue weighted by Gasteiger charge is -2.08. The Labute approximate surface area is 76.9 Å². The van der Waals surface area contributed by atoms with E-state index in [1.165, 1.54) is 44.9 Å². The lowest BCUT2D eigenvalue weighted by molar-refractivity contribution is 0.489. The largest absolute Gasteiger partial charge is 0.271 e. The van der Waals surface area contributed by atoms with Crippen molar-refractivity contribution in [3.8, 4) is 0 Å². The van der Waals surface area contributed by atoms with Crippen molar-refractivity contribution in [3.63, 3.8) is 0 Å². The van der Waals surface area contributed by atoms with Crippen molar-refractivity contribution < 1.29 is 0 Å². The van der Waals surface area contributed by atoms with E-state index in [1.54, 1.807) is 0 Å². The first-order valence-electron chi connectivity index (χ1n) is 5.27. The quantitative estimate of drug-likeness (QED) is 0.335. The fourth-order valence-corrected chi connectivity index (χ4v) is 1.31. The number of hydrogen-bond donors (Lipinski definition) is 2. The average Bonchev–Trinajstić information content (AvgIpc) is 2.10. The van der Waals surface area contributed by atoms with E-state index in [2.05, 4.69) is 19.3 Å². The Morgan fingerprint density at radius 2 is 1.67 bits per heavy atom. The first-order chi connectivity index (χ1) is 5.81. The molecule has 0 rings (SSSR count). The topological polar surface area (TPSA) is 38.0 Å².